The topological polar surface area (TPSA) is 62.3 Å². The molecule has 4 rings (SSSR count). The Morgan fingerprint density at radius 1 is 1.03 bits per heavy atom. The first-order valence-electron chi connectivity index (χ1n) is 11.3. The van der Waals surface area contributed by atoms with E-state index in [9.17, 15) is 9.59 Å². The first kappa shape index (κ1) is 21.0. The summed E-state index contributed by atoms with van der Waals surface area (Å²) in [5, 5.41) is 0. The molecule has 0 spiro atoms. The molecular formula is C23H33N3O4. The lowest BCUT2D eigenvalue weighted by Crippen LogP contribution is -2.58. The highest BCUT2D eigenvalue weighted by Crippen LogP contribution is 2.34. The summed E-state index contributed by atoms with van der Waals surface area (Å²) in [4.78, 5) is 32.5. The van der Waals surface area contributed by atoms with Crippen LogP contribution in [0.4, 0.5) is 0 Å². The zero-order valence-corrected chi connectivity index (χ0v) is 18.1. The Labute approximate surface area is 178 Å². The summed E-state index contributed by atoms with van der Waals surface area (Å²) in [5.41, 5.74) is 0.624. The van der Waals surface area contributed by atoms with Crippen LogP contribution in [0.15, 0.2) is 18.2 Å². The number of ether oxygens (including phenoxy) is 2. The maximum atomic E-state index is 13.3. The monoisotopic (exact) mass is 415 g/mol. The Balaban J connectivity index is 1.42. The summed E-state index contributed by atoms with van der Waals surface area (Å²) in [6.45, 7) is 8.57. The van der Waals surface area contributed by atoms with Gasteiger partial charge in [-0.3, -0.25) is 14.5 Å². The predicted molar refractivity (Wildman–Crippen MR) is 114 cm³/mol. The quantitative estimate of drug-likeness (QED) is 0.715. The molecule has 1 aromatic rings. The fourth-order valence-electron chi connectivity index (χ4n) is 5.07. The summed E-state index contributed by atoms with van der Waals surface area (Å²) < 4.78 is 10.7. The molecular weight excluding hydrogens is 382 g/mol. The van der Waals surface area contributed by atoms with Crippen molar-refractivity contribution in [3.63, 3.8) is 0 Å². The van der Waals surface area contributed by atoms with Crippen molar-refractivity contribution in [2.45, 2.75) is 45.6 Å². The number of hydrogen-bond acceptors (Lipinski definition) is 5. The molecule has 7 nitrogen and oxygen atoms in total. The highest BCUT2D eigenvalue weighted by atomic mass is 16.7. The van der Waals surface area contributed by atoms with Gasteiger partial charge in [0.2, 0.25) is 12.7 Å². The van der Waals surface area contributed by atoms with E-state index in [0.717, 1.165) is 39.0 Å². The molecule has 0 unspecified atom stereocenters. The molecule has 7 heteroatoms. The number of fused-ring (bicyclic) bond motifs is 1. The van der Waals surface area contributed by atoms with Crippen molar-refractivity contribution in [2.75, 3.05) is 46.1 Å². The van der Waals surface area contributed by atoms with Gasteiger partial charge in [0.1, 0.15) is 0 Å². The van der Waals surface area contributed by atoms with Crippen molar-refractivity contribution in [1.82, 2.24) is 14.7 Å². The molecule has 2 amide bonds. The highest BCUT2D eigenvalue weighted by Gasteiger charge is 2.38. The molecule has 2 heterocycles. The van der Waals surface area contributed by atoms with E-state index < -0.39 is 0 Å². The lowest BCUT2D eigenvalue weighted by atomic mass is 9.94. The van der Waals surface area contributed by atoms with Crippen LogP contribution >= 0.6 is 0 Å². The van der Waals surface area contributed by atoms with Gasteiger partial charge in [-0.1, -0.05) is 12.8 Å². The first-order chi connectivity index (χ1) is 14.6. The van der Waals surface area contributed by atoms with Crippen LogP contribution in [0.25, 0.3) is 0 Å². The second-order valence-corrected chi connectivity index (χ2v) is 8.40. The van der Waals surface area contributed by atoms with Crippen LogP contribution in [0.5, 0.6) is 11.5 Å². The molecule has 1 aliphatic carbocycles. The van der Waals surface area contributed by atoms with Gasteiger partial charge in [0.25, 0.3) is 5.91 Å². The summed E-state index contributed by atoms with van der Waals surface area (Å²) in [7, 11) is 0. The number of amides is 2. The molecule has 0 N–H and O–H groups in total. The second kappa shape index (κ2) is 9.25. The SMILES string of the molecule is CCN(CC)C(=O)[C@@H](C1CCCC1)N1CCN(C(=O)c2ccc3c(c2)OCO3)CC1. The normalized spacial score (nSPS) is 20.4. The van der Waals surface area contributed by atoms with Gasteiger partial charge in [-0.05, 0) is 50.8 Å². The van der Waals surface area contributed by atoms with E-state index in [1.54, 1.807) is 18.2 Å². The molecule has 0 bridgehead atoms. The van der Waals surface area contributed by atoms with Crippen molar-refractivity contribution in [3.8, 4) is 11.5 Å². The number of likely N-dealkylation sites (N-methyl/N-ethyl adjacent to an activating group) is 1. The fraction of sp³-hybridized carbons (Fsp3) is 0.652. The van der Waals surface area contributed by atoms with E-state index in [0.29, 0.717) is 36.1 Å². The van der Waals surface area contributed by atoms with Crippen LogP contribution in [-0.2, 0) is 4.79 Å². The minimum Gasteiger partial charge on any atom is -0.454 e. The summed E-state index contributed by atoms with van der Waals surface area (Å²) in [5.74, 6) is 2.04. The van der Waals surface area contributed by atoms with Gasteiger partial charge < -0.3 is 19.3 Å². The zero-order chi connectivity index (χ0) is 21.1. The summed E-state index contributed by atoms with van der Waals surface area (Å²) in [6, 6.07) is 5.32. The lowest BCUT2D eigenvalue weighted by Gasteiger charge is -2.42. The molecule has 3 aliphatic rings. The number of carbonyl (C=O) groups is 2. The third-order valence-electron chi connectivity index (χ3n) is 6.79. The summed E-state index contributed by atoms with van der Waals surface area (Å²) in [6.07, 6.45) is 4.70. The molecule has 2 fully saturated rings. The zero-order valence-electron chi connectivity index (χ0n) is 18.1. The number of nitrogens with zero attached hydrogens (tertiary/aromatic N) is 3. The van der Waals surface area contributed by atoms with Crippen molar-refractivity contribution in [1.29, 1.82) is 0 Å². The maximum absolute atomic E-state index is 13.3. The van der Waals surface area contributed by atoms with E-state index in [4.69, 9.17) is 9.47 Å². The average Bonchev–Trinajstić information content (AvgIpc) is 3.46. The van der Waals surface area contributed by atoms with Crippen LogP contribution in [0.1, 0.15) is 49.9 Å². The Morgan fingerprint density at radius 2 is 1.70 bits per heavy atom. The molecule has 1 atom stereocenters. The standard InChI is InChI=1S/C23H33N3O4/c1-3-24(4-2)23(28)21(17-7-5-6-8-17)25-11-13-26(14-12-25)22(27)18-9-10-19-20(15-18)30-16-29-19/h9-10,15,17,21H,3-8,11-14,16H2,1-2H3/t21-/m1/s1. The van der Waals surface area contributed by atoms with Crippen LogP contribution in [0, 0.1) is 5.92 Å². The number of rotatable bonds is 6. The van der Waals surface area contributed by atoms with E-state index in [2.05, 4.69) is 18.7 Å². The van der Waals surface area contributed by atoms with Crippen LogP contribution < -0.4 is 9.47 Å². The van der Waals surface area contributed by atoms with Crippen molar-refractivity contribution in [3.05, 3.63) is 23.8 Å². The van der Waals surface area contributed by atoms with Gasteiger partial charge in [-0.15, -0.1) is 0 Å². The van der Waals surface area contributed by atoms with Gasteiger partial charge in [-0.25, -0.2) is 0 Å². The number of hydrogen-bond donors (Lipinski definition) is 0. The van der Waals surface area contributed by atoms with Crippen molar-refractivity contribution < 1.29 is 19.1 Å². The van der Waals surface area contributed by atoms with E-state index in [1.165, 1.54) is 12.8 Å². The molecule has 2 aliphatic heterocycles. The second-order valence-electron chi connectivity index (χ2n) is 8.40. The largest absolute Gasteiger partial charge is 0.454 e. The first-order valence-corrected chi connectivity index (χ1v) is 11.3. The number of carbonyl (C=O) groups excluding carboxylic acids is 2. The van der Waals surface area contributed by atoms with E-state index in [-0.39, 0.29) is 24.6 Å². The van der Waals surface area contributed by atoms with Gasteiger partial charge in [0, 0.05) is 44.8 Å². The van der Waals surface area contributed by atoms with E-state index >= 15 is 0 Å². The van der Waals surface area contributed by atoms with Crippen LogP contribution in [0.3, 0.4) is 0 Å². The van der Waals surface area contributed by atoms with Crippen LogP contribution in [0.2, 0.25) is 0 Å². The third kappa shape index (κ3) is 4.13. The lowest BCUT2D eigenvalue weighted by molar-refractivity contribution is -0.139. The van der Waals surface area contributed by atoms with Gasteiger partial charge >= 0.3 is 0 Å². The molecule has 0 radical (unpaired) electrons. The molecule has 1 saturated carbocycles. The smallest absolute Gasteiger partial charge is 0.254 e. The van der Waals surface area contributed by atoms with Gasteiger partial charge in [0.15, 0.2) is 11.5 Å². The van der Waals surface area contributed by atoms with Crippen molar-refractivity contribution in [2.24, 2.45) is 5.92 Å². The average molecular weight is 416 g/mol. The van der Waals surface area contributed by atoms with Crippen molar-refractivity contribution >= 4 is 11.8 Å². The van der Waals surface area contributed by atoms with E-state index in [1.807, 2.05) is 9.80 Å². The Bertz CT molecular complexity index is 766. The Kier molecular flexibility index (Phi) is 6.46. The third-order valence-corrected chi connectivity index (χ3v) is 6.79. The fourth-order valence-corrected chi connectivity index (χ4v) is 5.07. The Hall–Kier alpha value is -2.28. The molecule has 30 heavy (non-hydrogen) atoms. The van der Waals surface area contributed by atoms with Gasteiger partial charge in [-0.2, -0.15) is 0 Å². The maximum Gasteiger partial charge on any atom is 0.254 e. The molecule has 164 valence electrons. The number of benzene rings is 1. The predicted octanol–water partition coefficient (Wildman–Crippen LogP) is 2.60. The van der Waals surface area contributed by atoms with Gasteiger partial charge in [0.05, 0.1) is 6.04 Å². The minimum absolute atomic E-state index is 0.0143. The minimum atomic E-state index is -0.0461. The molecule has 1 saturated heterocycles. The number of piperazine rings is 1. The highest BCUT2D eigenvalue weighted by molar-refractivity contribution is 5.95. The molecule has 1 aromatic carbocycles. The summed E-state index contributed by atoms with van der Waals surface area (Å²) >= 11 is 0. The Morgan fingerprint density at radius 3 is 2.37 bits per heavy atom. The molecule has 0 aromatic heterocycles. The van der Waals surface area contributed by atoms with Crippen LogP contribution in [-0.4, -0.2) is 78.6 Å².